The van der Waals surface area contributed by atoms with E-state index in [1.807, 2.05) is 48.5 Å². The average molecular weight is 478 g/mol. The number of ether oxygens (including phenoxy) is 1. The van der Waals surface area contributed by atoms with Crippen LogP contribution in [-0.2, 0) is 33.0 Å². The molecule has 7 heteroatoms. The van der Waals surface area contributed by atoms with E-state index in [-0.39, 0.29) is 28.9 Å². The number of aliphatic carboxylic acids is 1. The summed E-state index contributed by atoms with van der Waals surface area (Å²) in [5.74, 6) is -0.518. The summed E-state index contributed by atoms with van der Waals surface area (Å²) in [5.41, 5.74) is 3.38. The molecule has 0 fully saturated rings. The first-order valence-corrected chi connectivity index (χ1v) is 9.84. The monoisotopic (exact) mass is 477 g/mol. The smallest absolute Gasteiger partial charge is 0.872 e. The van der Waals surface area contributed by atoms with E-state index in [2.05, 4.69) is 17.1 Å². The maximum Gasteiger partial charge on any atom is 2.00 e. The summed E-state index contributed by atoms with van der Waals surface area (Å²) >= 11 is 0. The molecule has 1 heterocycles. The van der Waals surface area contributed by atoms with Gasteiger partial charge in [-0.25, -0.2) is 4.99 Å². The molecule has 6 nitrogen and oxygen atoms in total. The summed E-state index contributed by atoms with van der Waals surface area (Å²) in [6, 6.07) is 24.9. The largest absolute Gasteiger partial charge is 2.00 e. The summed E-state index contributed by atoms with van der Waals surface area (Å²) in [6.45, 7) is 1.53. The number of rotatable bonds is 5. The minimum Gasteiger partial charge on any atom is -0.872 e. The molecule has 0 saturated carbocycles. The van der Waals surface area contributed by atoms with Crippen molar-refractivity contribution in [3.8, 4) is 5.75 Å². The van der Waals surface area contributed by atoms with Gasteiger partial charge in [-0.2, -0.15) is 0 Å². The van der Waals surface area contributed by atoms with Crippen molar-refractivity contribution >= 4 is 23.8 Å². The molecule has 3 aromatic carbocycles. The predicted octanol–water partition coefficient (Wildman–Crippen LogP) is 2.65. The van der Waals surface area contributed by atoms with Gasteiger partial charge in [-0.1, -0.05) is 66.7 Å². The van der Waals surface area contributed by atoms with Gasteiger partial charge in [-0.05, 0) is 36.6 Å². The Morgan fingerprint density at radius 1 is 1.06 bits per heavy atom. The number of para-hydroxylation sites is 2. The molecule has 1 aliphatic rings. The van der Waals surface area contributed by atoms with Gasteiger partial charge in [0, 0.05) is 12.2 Å². The van der Waals surface area contributed by atoms with E-state index in [0.717, 1.165) is 24.6 Å². The van der Waals surface area contributed by atoms with Crippen LogP contribution < -0.4 is 10.2 Å². The zero-order valence-corrected chi connectivity index (χ0v) is 18.3. The van der Waals surface area contributed by atoms with Crippen molar-refractivity contribution < 1.29 is 36.8 Å². The molecule has 0 amide bonds. The number of hydrogen-bond acceptors (Lipinski definition) is 6. The van der Waals surface area contributed by atoms with Gasteiger partial charge < -0.3 is 19.7 Å². The van der Waals surface area contributed by atoms with Crippen LogP contribution in [-0.4, -0.2) is 30.7 Å². The minimum atomic E-state index is -1.08. The standard InChI is InChI=1S/C23H20N2O2.C2H4O2.Cu/c26-22-13-7-4-10-18(22)15-24-21-12-6-5-11-20(21)23-25-19(16-27-23)14-17-8-2-1-3-9-17;1-2(3)4;/h1-13,15,19,26H,14,16H2;1H3,(H,3,4);/q;;+2/p-2/t19-;;/m0../s1. The van der Waals surface area contributed by atoms with Crippen molar-refractivity contribution in [2.45, 2.75) is 19.4 Å². The summed E-state index contributed by atoms with van der Waals surface area (Å²) in [5, 5.41) is 20.7. The number of carbonyl (C=O) groups is 1. The van der Waals surface area contributed by atoms with E-state index in [1.165, 1.54) is 11.6 Å². The number of benzene rings is 3. The maximum atomic E-state index is 11.9. The second-order valence-corrected chi connectivity index (χ2v) is 6.89. The Kier molecular flexibility index (Phi) is 9.67. The molecule has 0 aromatic heterocycles. The zero-order valence-electron chi connectivity index (χ0n) is 17.4. The molecule has 0 aliphatic carbocycles. The first-order valence-electron chi connectivity index (χ1n) is 9.84. The summed E-state index contributed by atoms with van der Waals surface area (Å²) in [4.78, 5) is 18.1. The Morgan fingerprint density at radius 2 is 1.69 bits per heavy atom. The van der Waals surface area contributed by atoms with Crippen molar-refractivity contribution in [1.82, 2.24) is 0 Å². The van der Waals surface area contributed by atoms with Crippen LogP contribution in [0.4, 0.5) is 5.69 Å². The van der Waals surface area contributed by atoms with Crippen molar-refractivity contribution in [3.05, 3.63) is 95.6 Å². The fourth-order valence-corrected chi connectivity index (χ4v) is 3.05. The van der Waals surface area contributed by atoms with Crippen LogP contribution in [0.25, 0.3) is 0 Å². The molecule has 0 unspecified atom stereocenters. The minimum absolute atomic E-state index is 0. The third-order valence-electron chi connectivity index (χ3n) is 4.42. The van der Waals surface area contributed by atoms with E-state index in [0.29, 0.717) is 18.1 Å². The fraction of sp³-hybridized carbons (Fsp3) is 0.160. The van der Waals surface area contributed by atoms with Crippen LogP contribution in [0.3, 0.4) is 0 Å². The second kappa shape index (κ2) is 12.4. The molecule has 0 N–H and O–H groups in total. The first kappa shape index (κ1) is 24.9. The molecular formula is C25H22CuN2O4. The Hall–Kier alpha value is -3.41. The summed E-state index contributed by atoms with van der Waals surface area (Å²) < 4.78 is 5.85. The Morgan fingerprint density at radius 3 is 2.41 bits per heavy atom. The summed E-state index contributed by atoms with van der Waals surface area (Å²) in [6.07, 6.45) is 2.44. The van der Waals surface area contributed by atoms with E-state index in [4.69, 9.17) is 19.6 Å². The predicted molar refractivity (Wildman–Crippen MR) is 117 cm³/mol. The van der Waals surface area contributed by atoms with Crippen LogP contribution in [0.15, 0.2) is 88.8 Å². The number of hydrogen-bond donors (Lipinski definition) is 0. The third kappa shape index (κ3) is 7.37. The summed E-state index contributed by atoms with van der Waals surface area (Å²) in [7, 11) is 0. The Labute approximate surface area is 197 Å². The normalized spacial score (nSPS) is 14.5. The molecule has 4 rings (SSSR count). The molecule has 3 aromatic rings. The Balaban J connectivity index is 0.000000672. The third-order valence-corrected chi connectivity index (χ3v) is 4.42. The van der Waals surface area contributed by atoms with Crippen molar-refractivity contribution in [1.29, 1.82) is 0 Å². The molecule has 0 bridgehead atoms. The van der Waals surface area contributed by atoms with E-state index in [9.17, 15) is 5.11 Å². The van der Waals surface area contributed by atoms with Gasteiger partial charge in [0.15, 0.2) is 0 Å². The number of aliphatic imine (C=N–C) groups is 2. The number of carboxylic acid groups (broad SMARTS) is 1. The van der Waals surface area contributed by atoms with E-state index >= 15 is 0 Å². The fourth-order valence-electron chi connectivity index (χ4n) is 3.05. The topological polar surface area (TPSA) is 97.1 Å². The van der Waals surface area contributed by atoms with E-state index < -0.39 is 5.97 Å². The molecule has 0 spiro atoms. The second-order valence-electron chi connectivity index (χ2n) is 6.89. The molecule has 1 aliphatic heterocycles. The van der Waals surface area contributed by atoms with Gasteiger partial charge in [0.25, 0.3) is 0 Å². The van der Waals surface area contributed by atoms with Crippen molar-refractivity contribution in [3.63, 3.8) is 0 Å². The zero-order chi connectivity index (χ0) is 22.1. The van der Waals surface area contributed by atoms with E-state index in [1.54, 1.807) is 18.3 Å². The van der Waals surface area contributed by atoms with Crippen molar-refractivity contribution in [2.24, 2.45) is 9.98 Å². The van der Waals surface area contributed by atoms with Gasteiger partial charge in [0.2, 0.25) is 5.90 Å². The van der Waals surface area contributed by atoms with Crippen LogP contribution >= 0.6 is 0 Å². The van der Waals surface area contributed by atoms with Gasteiger partial charge in [0.1, 0.15) is 6.61 Å². The number of carbonyl (C=O) groups excluding carboxylic acids is 1. The average Bonchev–Trinajstić information content (AvgIpc) is 3.22. The van der Waals surface area contributed by atoms with Gasteiger partial charge in [-0.3, -0.25) is 4.99 Å². The van der Waals surface area contributed by atoms with Gasteiger partial charge in [0.05, 0.1) is 17.3 Å². The van der Waals surface area contributed by atoms with Crippen LogP contribution in [0.5, 0.6) is 5.75 Å². The van der Waals surface area contributed by atoms with Crippen molar-refractivity contribution in [2.75, 3.05) is 6.61 Å². The molecular weight excluding hydrogens is 456 g/mol. The van der Waals surface area contributed by atoms with Crippen LogP contribution in [0, 0.1) is 0 Å². The SMILES string of the molecule is CC(=O)[O-].[Cu+2].[O-]c1ccccc1C=Nc1ccccc1C1=N[C@@H](Cc2ccccc2)CO1. The molecule has 167 valence electrons. The first-order chi connectivity index (χ1) is 15.0. The number of nitrogens with zero attached hydrogens (tertiary/aromatic N) is 2. The quantitative estimate of drug-likeness (QED) is 0.416. The number of carboxylic acids is 1. The molecule has 0 saturated heterocycles. The molecule has 1 radical (unpaired) electrons. The van der Waals surface area contributed by atoms with Crippen LogP contribution in [0.2, 0.25) is 0 Å². The Bertz CT molecular complexity index is 1080. The van der Waals surface area contributed by atoms with Crippen LogP contribution in [0.1, 0.15) is 23.6 Å². The van der Waals surface area contributed by atoms with Gasteiger partial charge in [-0.15, -0.1) is 5.75 Å². The molecule has 32 heavy (non-hydrogen) atoms. The van der Waals surface area contributed by atoms with Gasteiger partial charge >= 0.3 is 17.1 Å². The maximum absolute atomic E-state index is 11.9. The molecule has 1 atom stereocenters.